The number of carbonyl (C=O) groups is 1. The molecule has 0 aliphatic heterocycles. The van der Waals surface area contributed by atoms with Gasteiger partial charge in [0.15, 0.2) is 0 Å². The van der Waals surface area contributed by atoms with Gasteiger partial charge in [-0.1, -0.05) is 23.2 Å². The first-order chi connectivity index (χ1) is 8.56. The van der Waals surface area contributed by atoms with Crippen LogP contribution in [0.5, 0.6) is 0 Å². The molecule has 0 aliphatic rings. The number of aromatic carboxylic acids is 1. The van der Waals surface area contributed by atoms with Gasteiger partial charge in [-0.15, -0.1) is 23.1 Å². The Bertz CT molecular complexity index is 581. The van der Waals surface area contributed by atoms with Crippen molar-refractivity contribution in [3.05, 3.63) is 50.1 Å². The van der Waals surface area contributed by atoms with E-state index in [2.05, 4.69) is 0 Å². The lowest BCUT2D eigenvalue weighted by molar-refractivity contribution is 0.0702. The Balaban J connectivity index is 2.06. The highest BCUT2D eigenvalue weighted by Crippen LogP contribution is 2.33. The molecule has 0 aliphatic carbocycles. The van der Waals surface area contributed by atoms with Crippen molar-refractivity contribution in [2.24, 2.45) is 0 Å². The molecule has 1 N–H and O–H groups in total. The van der Waals surface area contributed by atoms with Crippen LogP contribution < -0.4 is 0 Å². The van der Waals surface area contributed by atoms with E-state index < -0.39 is 5.97 Å². The van der Waals surface area contributed by atoms with Crippen molar-refractivity contribution in [1.29, 1.82) is 0 Å². The van der Waals surface area contributed by atoms with Gasteiger partial charge in [-0.25, -0.2) is 4.79 Å². The monoisotopic (exact) mass is 318 g/mol. The van der Waals surface area contributed by atoms with Crippen LogP contribution in [0.3, 0.4) is 0 Å². The Morgan fingerprint density at radius 2 is 2.06 bits per heavy atom. The maximum Gasteiger partial charge on any atom is 0.345 e. The third kappa shape index (κ3) is 3.42. The van der Waals surface area contributed by atoms with E-state index in [-0.39, 0.29) is 0 Å². The van der Waals surface area contributed by atoms with Crippen molar-refractivity contribution >= 4 is 52.3 Å². The van der Waals surface area contributed by atoms with Crippen molar-refractivity contribution in [3.63, 3.8) is 0 Å². The lowest BCUT2D eigenvalue weighted by atomic mass is 10.4. The summed E-state index contributed by atoms with van der Waals surface area (Å²) >= 11 is 14.8. The Morgan fingerprint density at radius 1 is 1.28 bits per heavy atom. The summed E-state index contributed by atoms with van der Waals surface area (Å²) in [4.78, 5) is 13.0. The van der Waals surface area contributed by atoms with E-state index in [0.29, 0.717) is 20.7 Å². The molecule has 18 heavy (non-hydrogen) atoms. The highest BCUT2D eigenvalue weighted by atomic mass is 35.5. The van der Waals surface area contributed by atoms with Gasteiger partial charge in [0.1, 0.15) is 4.88 Å². The van der Waals surface area contributed by atoms with Gasteiger partial charge in [0.2, 0.25) is 0 Å². The van der Waals surface area contributed by atoms with Crippen molar-refractivity contribution in [3.8, 4) is 0 Å². The fraction of sp³-hybridized carbons (Fsp3) is 0.0833. The summed E-state index contributed by atoms with van der Waals surface area (Å²) < 4.78 is 0. The first-order valence-corrected chi connectivity index (χ1v) is 7.52. The van der Waals surface area contributed by atoms with Gasteiger partial charge in [0.25, 0.3) is 0 Å². The van der Waals surface area contributed by atoms with Gasteiger partial charge < -0.3 is 5.11 Å². The second-order valence-electron chi connectivity index (χ2n) is 3.43. The molecular weight excluding hydrogens is 311 g/mol. The zero-order valence-corrected chi connectivity index (χ0v) is 12.2. The van der Waals surface area contributed by atoms with Gasteiger partial charge >= 0.3 is 5.97 Å². The smallest absolute Gasteiger partial charge is 0.345 e. The lowest BCUT2D eigenvalue weighted by Crippen LogP contribution is -1.89. The van der Waals surface area contributed by atoms with Crippen LogP contribution in [0, 0.1) is 0 Å². The molecule has 2 rings (SSSR count). The number of carboxylic acid groups (broad SMARTS) is 1. The Labute approximate surface area is 123 Å². The van der Waals surface area contributed by atoms with Gasteiger partial charge in [0, 0.05) is 20.5 Å². The van der Waals surface area contributed by atoms with Gasteiger partial charge in [-0.3, -0.25) is 0 Å². The average Bonchev–Trinajstić information content (AvgIpc) is 2.79. The largest absolute Gasteiger partial charge is 0.477 e. The summed E-state index contributed by atoms with van der Waals surface area (Å²) in [6.07, 6.45) is 0. The average molecular weight is 319 g/mol. The molecule has 2 aromatic rings. The number of hydrogen-bond acceptors (Lipinski definition) is 3. The maximum atomic E-state index is 10.8. The number of thiophene rings is 1. The van der Waals surface area contributed by atoms with Gasteiger partial charge in [0.05, 0.1) is 5.02 Å². The summed E-state index contributed by atoms with van der Waals surface area (Å²) in [6, 6.07) is 8.73. The molecule has 0 bridgehead atoms. The first-order valence-electron chi connectivity index (χ1n) is 4.96. The molecule has 0 radical (unpaired) electrons. The fourth-order valence-electron chi connectivity index (χ4n) is 1.31. The maximum absolute atomic E-state index is 10.8. The van der Waals surface area contributed by atoms with Crippen molar-refractivity contribution in [1.82, 2.24) is 0 Å². The predicted molar refractivity (Wildman–Crippen MR) is 77.3 cm³/mol. The minimum atomic E-state index is -0.892. The minimum Gasteiger partial charge on any atom is -0.477 e. The Kier molecular flexibility index (Phi) is 4.56. The van der Waals surface area contributed by atoms with Crippen molar-refractivity contribution < 1.29 is 9.90 Å². The summed E-state index contributed by atoms with van der Waals surface area (Å²) in [5, 5.41) is 10.1. The van der Waals surface area contributed by atoms with E-state index in [9.17, 15) is 4.79 Å². The highest BCUT2D eigenvalue weighted by Gasteiger charge is 2.08. The van der Waals surface area contributed by atoms with Gasteiger partial charge in [-0.2, -0.15) is 0 Å². The van der Waals surface area contributed by atoms with E-state index in [1.165, 1.54) is 11.3 Å². The predicted octanol–water partition coefficient (Wildman–Crippen LogP) is 5.05. The zero-order valence-electron chi connectivity index (χ0n) is 9.02. The van der Waals surface area contributed by atoms with Crippen LogP contribution in [-0.2, 0) is 5.75 Å². The summed E-state index contributed by atoms with van der Waals surface area (Å²) in [5.74, 6) is -0.213. The molecule has 0 saturated heterocycles. The molecule has 94 valence electrons. The van der Waals surface area contributed by atoms with Crippen LogP contribution in [0.25, 0.3) is 0 Å². The number of thioether (sulfide) groups is 1. The molecule has 1 aromatic carbocycles. The van der Waals surface area contributed by atoms with Crippen LogP contribution in [0.1, 0.15) is 14.5 Å². The molecule has 1 heterocycles. The molecular formula is C12H8Cl2O2S2. The second kappa shape index (κ2) is 5.97. The molecule has 0 spiro atoms. The number of benzene rings is 1. The quantitative estimate of drug-likeness (QED) is 0.802. The van der Waals surface area contributed by atoms with Gasteiger partial charge in [-0.05, 0) is 30.3 Å². The molecule has 0 fully saturated rings. The lowest BCUT2D eigenvalue weighted by Gasteiger charge is -2.03. The normalized spacial score (nSPS) is 10.6. The van der Waals surface area contributed by atoms with E-state index in [0.717, 1.165) is 9.77 Å². The number of carboxylic acids is 1. The van der Waals surface area contributed by atoms with Crippen LogP contribution >= 0.6 is 46.3 Å². The summed E-state index contributed by atoms with van der Waals surface area (Å²) in [5.41, 5.74) is 0. The topological polar surface area (TPSA) is 37.3 Å². The van der Waals surface area contributed by atoms with Crippen molar-refractivity contribution in [2.75, 3.05) is 0 Å². The number of hydrogen-bond donors (Lipinski definition) is 1. The molecule has 0 amide bonds. The second-order valence-corrected chi connectivity index (χ2v) is 6.46. The van der Waals surface area contributed by atoms with E-state index in [1.807, 2.05) is 6.07 Å². The van der Waals surface area contributed by atoms with Crippen LogP contribution in [0.2, 0.25) is 10.0 Å². The summed E-state index contributed by atoms with van der Waals surface area (Å²) in [7, 11) is 0. The van der Waals surface area contributed by atoms with Crippen LogP contribution in [-0.4, -0.2) is 11.1 Å². The third-order valence-electron chi connectivity index (χ3n) is 2.14. The molecule has 1 aromatic heterocycles. The Hall–Kier alpha value is -0.680. The van der Waals surface area contributed by atoms with E-state index >= 15 is 0 Å². The van der Waals surface area contributed by atoms with E-state index in [4.69, 9.17) is 28.3 Å². The Morgan fingerprint density at radius 3 is 2.72 bits per heavy atom. The van der Waals surface area contributed by atoms with Crippen LogP contribution in [0.4, 0.5) is 0 Å². The molecule has 0 saturated carbocycles. The SMILES string of the molecule is O=C(O)c1ccc(CSc2cc(Cl)ccc2Cl)s1. The third-order valence-corrected chi connectivity index (χ3v) is 5.17. The first kappa shape index (κ1) is 13.7. The standard InChI is InChI=1S/C12H8Cl2O2S2/c13-7-1-3-9(14)11(5-7)17-6-8-2-4-10(18-8)12(15)16/h1-5H,6H2,(H,15,16). The molecule has 2 nitrogen and oxygen atoms in total. The molecule has 6 heteroatoms. The fourth-order valence-corrected chi connectivity index (χ4v) is 3.69. The van der Waals surface area contributed by atoms with Crippen molar-refractivity contribution in [2.45, 2.75) is 10.6 Å². The van der Waals surface area contributed by atoms with E-state index in [1.54, 1.807) is 36.0 Å². The summed E-state index contributed by atoms with van der Waals surface area (Å²) in [6.45, 7) is 0. The minimum absolute atomic E-state index is 0.350. The number of halogens is 2. The molecule has 0 atom stereocenters. The van der Waals surface area contributed by atoms with Crippen LogP contribution in [0.15, 0.2) is 35.2 Å². The zero-order chi connectivity index (χ0) is 13.1. The molecule has 0 unspecified atom stereocenters. The number of rotatable bonds is 4. The highest BCUT2D eigenvalue weighted by molar-refractivity contribution is 7.98.